The number of allylic oxidation sites excluding steroid dienone is 1. The Morgan fingerprint density at radius 1 is 1.02 bits per heavy atom. The molecule has 0 aromatic heterocycles. The number of esters is 1. The Kier molecular flexibility index (Phi) is 10.9. The molecule has 218 valence electrons. The van der Waals surface area contributed by atoms with Crippen LogP contribution in [0, 0.1) is 5.92 Å². The summed E-state index contributed by atoms with van der Waals surface area (Å²) in [6, 6.07) is 17.0. The summed E-state index contributed by atoms with van der Waals surface area (Å²) in [4.78, 5) is 53.7. The zero-order valence-electron chi connectivity index (χ0n) is 22.9. The van der Waals surface area contributed by atoms with E-state index in [1.165, 1.54) is 0 Å². The van der Waals surface area contributed by atoms with Gasteiger partial charge in [0.1, 0.15) is 18.8 Å². The number of ether oxygens (including phenoxy) is 2. The Bertz CT molecular complexity index is 1200. The van der Waals surface area contributed by atoms with Crippen LogP contribution in [-0.4, -0.2) is 65.7 Å². The van der Waals surface area contributed by atoms with Gasteiger partial charge in [-0.15, -0.1) is 0 Å². The van der Waals surface area contributed by atoms with Crippen molar-refractivity contribution in [3.63, 3.8) is 0 Å². The maximum atomic E-state index is 13.2. The molecule has 2 aromatic carbocycles. The summed E-state index contributed by atoms with van der Waals surface area (Å²) >= 11 is 0. The monoisotopic (exact) mass is 563 g/mol. The van der Waals surface area contributed by atoms with E-state index in [1.807, 2.05) is 36.4 Å². The van der Waals surface area contributed by atoms with Crippen LogP contribution in [0.1, 0.15) is 49.3 Å². The number of aliphatic hydroxyl groups excluding tert-OH is 1. The molecule has 0 unspecified atom stereocenters. The summed E-state index contributed by atoms with van der Waals surface area (Å²) in [5.41, 5.74) is 1.48. The minimum absolute atomic E-state index is 0.00283. The average molecular weight is 564 g/mol. The van der Waals surface area contributed by atoms with E-state index in [9.17, 15) is 24.3 Å². The highest BCUT2D eigenvalue weighted by Crippen LogP contribution is 2.23. The van der Waals surface area contributed by atoms with Crippen LogP contribution in [0.3, 0.4) is 0 Å². The fraction of sp³-hybridized carbons (Fsp3) is 0.419. The summed E-state index contributed by atoms with van der Waals surface area (Å²) in [5, 5.41) is 15.1. The van der Waals surface area contributed by atoms with E-state index in [4.69, 9.17) is 9.47 Å². The Balaban J connectivity index is 1.48. The molecule has 0 aliphatic carbocycles. The van der Waals surface area contributed by atoms with Crippen molar-refractivity contribution in [2.24, 2.45) is 5.92 Å². The van der Waals surface area contributed by atoms with Gasteiger partial charge in [-0.05, 0) is 36.8 Å². The summed E-state index contributed by atoms with van der Waals surface area (Å²) < 4.78 is 11.1. The van der Waals surface area contributed by atoms with E-state index < -0.39 is 30.1 Å². The van der Waals surface area contributed by atoms with E-state index in [0.29, 0.717) is 12.1 Å². The van der Waals surface area contributed by atoms with E-state index in [2.05, 4.69) is 10.6 Å². The van der Waals surface area contributed by atoms with Crippen molar-refractivity contribution in [3.05, 3.63) is 83.9 Å². The van der Waals surface area contributed by atoms with E-state index >= 15 is 0 Å². The Hall–Kier alpha value is -4.18. The van der Waals surface area contributed by atoms with Gasteiger partial charge in [0.05, 0.1) is 25.1 Å². The Morgan fingerprint density at radius 2 is 1.73 bits per heavy atom. The van der Waals surface area contributed by atoms with Crippen molar-refractivity contribution in [1.29, 1.82) is 0 Å². The van der Waals surface area contributed by atoms with Gasteiger partial charge in [-0.3, -0.25) is 9.59 Å². The molecule has 0 bridgehead atoms. The van der Waals surface area contributed by atoms with Gasteiger partial charge in [-0.25, -0.2) is 9.59 Å². The first kappa shape index (κ1) is 29.8. The number of carbonyl (C=O) groups is 4. The standard InChI is InChI=1S/C31H37N3O7/c35-20-25-15-9-17-34(25)28(36)18-24-14-7-8-16-26(33-31(39)40-21-22-10-3-1-4-11-22)30(38)41-27(19-32-29(24)37)23-12-5-2-6-13-23/h1-8,10-13,24-27,35H,9,14-21H2,(H,32,37)(H,33,39)/t24-,25+,26-,27+/m1/s1. The predicted molar refractivity (Wildman–Crippen MR) is 150 cm³/mol. The van der Waals surface area contributed by atoms with Gasteiger partial charge in [-0.2, -0.15) is 0 Å². The number of hydrogen-bond acceptors (Lipinski definition) is 7. The molecule has 10 heteroatoms. The molecular formula is C31H37N3O7. The second-order valence-corrected chi connectivity index (χ2v) is 10.2. The number of aliphatic hydroxyl groups is 1. The minimum atomic E-state index is -1.02. The van der Waals surface area contributed by atoms with Crippen molar-refractivity contribution >= 4 is 23.9 Å². The lowest BCUT2D eigenvalue weighted by atomic mass is 9.97. The summed E-state index contributed by atoms with van der Waals surface area (Å²) in [5.74, 6) is -1.80. The van der Waals surface area contributed by atoms with Crippen LogP contribution in [0.15, 0.2) is 72.8 Å². The number of rotatable bonds is 7. The molecule has 4 rings (SSSR count). The quantitative estimate of drug-likeness (QED) is 0.348. The number of cyclic esters (lactones) is 1. The van der Waals surface area contributed by atoms with Gasteiger partial charge in [0.2, 0.25) is 11.8 Å². The van der Waals surface area contributed by atoms with Gasteiger partial charge in [0.25, 0.3) is 0 Å². The van der Waals surface area contributed by atoms with Crippen LogP contribution in [0.25, 0.3) is 0 Å². The van der Waals surface area contributed by atoms with E-state index in [-0.39, 0.29) is 56.9 Å². The highest BCUT2D eigenvalue weighted by atomic mass is 16.6. The molecule has 0 radical (unpaired) electrons. The van der Waals surface area contributed by atoms with Crippen LogP contribution < -0.4 is 10.6 Å². The lowest BCUT2D eigenvalue weighted by Crippen LogP contribution is -2.44. The number of nitrogens with one attached hydrogen (secondary N) is 2. The number of alkyl carbamates (subject to hydrolysis) is 1. The van der Waals surface area contributed by atoms with Crippen LogP contribution in [0.4, 0.5) is 4.79 Å². The Labute approximate surface area is 239 Å². The van der Waals surface area contributed by atoms with Gasteiger partial charge < -0.3 is 30.1 Å². The highest BCUT2D eigenvalue weighted by molar-refractivity contribution is 5.86. The molecule has 4 atom stereocenters. The second-order valence-electron chi connectivity index (χ2n) is 10.2. The molecule has 41 heavy (non-hydrogen) atoms. The minimum Gasteiger partial charge on any atom is -0.454 e. The number of likely N-dealkylation sites (tertiary alicyclic amines) is 1. The third-order valence-electron chi connectivity index (χ3n) is 7.34. The molecule has 2 heterocycles. The molecule has 3 amide bonds. The molecule has 1 saturated heterocycles. The van der Waals surface area contributed by atoms with Crippen LogP contribution in [-0.2, 0) is 30.5 Å². The van der Waals surface area contributed by atoms with Gasteiger partial charge in [-0.1, -0.05) is 72.8 Å². The fourth-order valence-corrected chi connectivity index (χ4v) is 5.03. The normalized spacial score (nSPS) is 23.5. The number of amides is 3. The van der Waals surface area contributed by atoms with Crippen molar-refractivity contribution in [2.75, 3.05) is 19.7 Å². The maximum Gasteiger partial charge on any atom is 0.408 e. The first-order valence-corrected chi connectivity index (χ1v) is 14.0. The van der Waals surface area contributed by atoms with E-state index in [0.717, 1.165) is 18.4 Å². The molecule has 10 nitrogen and oxygen atoms in total. The van der Waals surface area contributed by atoms with Crippen LogP contribution in [0.2, 0.25) is 0 Å². The molecule has 0 saturated carbocycles. The highest BCUT2D eigenvalue weighted by Gasteiger charge is 2.32. The van der Waals surface area contributed by atoms with E-state index in [1.54, 1.807) is 41.3 Å². The van der Waals surface area contributed by atoms with Crippen LogP contribution >= 0.6 is 0 Å². The summed E-state index contributed by atoms with van der Waals surface area (Å²) in [6.45, 7) is 0.507. The van der Waals surface area contributed by atoms with Gasteiger partial charge in [0, 0.05) is 13.0 Å². The smallest absolute Gasteiger partial charge is 0.408 e. The maximum absolute atomic E-state index is 13.2. The number of hydrogen-bond donors (Lipinski definition) is 3. The predicted octanol–water partition coefficient (Wildman–Crippen LogP) is 3.02. The zero-order valence-corrected chi connectivity index (χ0v) is 22.9. The Morgan fingerprint density at radius 3 is 2.46 bits per heavy atom. The van der Waals surface area contributed by atoms with Crippen molar-refractivity contribution in [2.45, 2.75) is 56.9 Å². The van der Waals surface area contributed by atoms with Crippen molar-refractivity contribution < 1.29 is 33.8 Å². The summed E-state index contributed by atoms with van der Waals surface area (Å²) in [7, 11) is 0. The van der Waals surface area contributed by atoms with Gasteiger partial charge >= 0.3 is 12.1 Å². The first-order valence-electron chi connectivity index (χ1n) is 14.0. The molecule has 2 aliphatic heterocycles. The lowest BCUT2D eigenvalue weighted by Gasteiger charge is -2.26. The molecular weight excluding hydrogens is 526 g/mol. The number of carbonyl (C=O) groups excluding carboxylic acids is 4. The topological polar surface area (TPSA) is 134 Å². The van der Waals surface area contributed by atoms with Gasteiger partial charge in [0.15, 0.2) is 0 Å². The average Bonchev–Trinajstić information content (AvgIpc) is 3.48. The number of benzene rings is 2. The third-order valence-corrected chi connectivity index (χ3v) is 7.34. The molecule has 3 N–H and O–H groups in total. The SMILES string of the molecule is O=C(N[C@@H]1CC=CC[C@H](CC(=O)N2CCC[C@H]2CO)C(=O)NC[C@@H](c2ccccc2)OC1=O)OCc1ccccc1. The summed E-state index contributed by atoms with van der Waals surface area (Å²) in [6.07, 6.45) is 3.80. The molecule has 1 fully saturated rings. The molecule has 0 spiro atoms. The second kappa shape index (κ2) is 15.0. The largest absolute Gasteiger partial charge is 0.454 e. The van der Waals surface area contributed by atoms with Crippen molar-refractivity contribution in [3.8, 4) is 0 Å². The lowest BCUT2D eigenvalue weighted by molar-refractivity contribution is -0.152. The fourth-order valence-electron chi connectivity index (χ4n) is 5.03. The molecule has 2 aliphatic rings. The first-order chi connectivity index (χ1) is 19.9. The zero-order chi connectivity index (χ0) is 29.0. The number of nitrogens with zero attached hydrogens (tertiary/aromatic N) is 1. The third kappa shape index (κ3) is 8.65. The molecule has 2 aromatic rings. The van der Waals surface area contributed by atoms with Crippen molar-refractivity contribution in [1.82, 2.24) is 15.5 Å². The van der Waals surface area contributed by atoms with Crippen LogP contribution in [0.5, 0.6) is 0 Å².